The molecular weight excluding hydrogens is 314 g/mol. The molecule has 0 spiro atoms. The van der Waals surface area contributed by atoms with E-state index in [9.17, 15) is 5.11 Å². The minimum Gasteiger partial charge on any atom is -0.395 e. The molecule has 2 N–H and O–H groups in total. The molecule has 0 bridgehead atoms. The predicted octanol–water partition coefficient (Wildman–Crippen LogP) is 4.16. The van der Waals surface area contributed by atoms with Gasteiger partial charge in [0.05, 0.1) is 6.61 Å². The number of nitrogens with one attached hydrogen (secondary N) is 1. The van der Waals surface area contributed by atoms with Crippen LogP contribution in [0.15, 0.2) is 22.7 Å². The van der Waals surface area contributed by atoms with Crippen LogP contribution < -0.4 is 5.32 Å². The van der Waals surface area contributed by atoms with Gasteiger partial charge in [-0.3, -0.25) is 0 Å². The first-order valence-electron chi connectivity index (χ1n) is 6.26. The van der Waals surface area contributed by atoms with E-state index in [0.717, 1.165) is 21.5 Å². The number of halogens is 2. The topological polar surface area (TPSA) is 32.3 Å². The number of aliphatic hydroxyl groups excluding tert-OH is 1. The highest BCUT2D eigenvalue weighted by atomic mass is 79.9. The lowest BCUT2D eigenvalue weighted by molar-refractivity contribution is 0.215. The van der Waals surface area contributed by atoms with Gasteiger partial charge < -0.3 is 10.4 Å². The first-order valence-corrected chi connectivity index (χ1v) is 7.43. The van der Waals surface area contributed by atoms with E-state index in [1.807, 2.05) is 18.2 Å². The van der Waals surface area contributed by atoms with E-state index in [0.29, 0.717) is 5.92 Å². The molecule has 0 aliphatic carbocycles. The zero-order valence-corrected chi connectivity index (χ0v) is 13.4. The monoisotopic (exact) mass is 333 g/mol. The molecule has 0 amide bonds. The standard InChI is InChI=1S/C14H21BrClNO/c1-9(2)6-12(8-18)17-10(3)13-5-4-11(15)7-14(13)16/h4-5,7,9-10,12,17-18H,6,8H2,1-3H3. The smallest absolute Gasteiger partial charge is 0.0584 e. The number of benzene rings is 1. The van der Waals surface area contributed by atoms with Gasteiger partial charge in [-0.2, -0.15) is 0 Å². The zero-order valence-electron chi connectivity index (χ0n) is 11.1. The van der Waals surface area contributed by atoms with Crippen LogP contribution in [-0.2, 0) is 0 Å². The average molecular weight is 335 g/mol. The second kappa shape index (κ2) is 7.49. The molecule has 2 unspecified atom stereocenters. The van der Waals surface area contributed by atoms with Crippen LogP contribution in [0, 0.1) is 5.92 Å². The van der Waals surface area contributed by atoms with Gasteiger partial charge in [0.15, 0.2) is 0 Å². The summed E-state index contributed by atoms with van der Waals surface area (Å²) in [5, 5.41) is 13.5. The maximum atomic E-state index is 9.38. The Balaban J connectivity index is 2.71. The van der Waals surface area contributed by atoms with Crippen molar-refractivity contribution in [2.45, 2.75) is 39.3 Å². The van der Waals surface area contributed by atoms with E-state index in [-0.39, 0.29) is 18.7 Å². The van der Waals surface area contributed by atoms with Gasteiger partial charge >= 0.3 is 0 Å². The van der Waals surface area contributed by atoms with Gasteiger partial charge in [0.25, 0.3) is 0 Å². The van der Waals surface area contributed by atoms with Crippen molar-refractivity contribution in [1.82, 2.24) is 5.32 Å². The van der Waals surface area contributed by atoms with Crippen LogP contribution in [-0.4, -0.2) is 17.8 Å². The predicted molar refractivity (Wildman–Crippen MR) is 81.0 cm³/mol. The minimum atomic E-state index is 0.111. The summed E-state index contributed by atoms with van der Waals surface area (Å²) in [6.07, 6.45) is 0.953. The number of hydrogen-bond donors (Lipinski definition) is 2. The molecule has 0 radical (unpaired) electrons. The molecule has 1 rings (SSSR count). The second-order valence-electron chi connectivity index (χ2n) is 5.06. The van der Waals surface area contributed by atoms with Gasteiger partial charge in [-0.1, -0.05) is 47.4 Å². The third-order valence-corrected chi connectivity index (χ3v) is 3.71. The molecule has 4 heteroatoms. The number of aliphatic hydroxyl groups is 1. The van der Waals surface area contributed by atoms with E-state index >= 15 is 0 Å². The lowest BCUT2D eigenvalue weighted by Gasteiger charge is -2.24. The van der Waals surface area contributed by atoms with Gasteiger partial charge in [-0.25, -0.2) is 0 Å². The molecule has 2 nitrogen and oxygen atoms in total. The van der Waals surface area contributed by atoms with Crippen molar-refractivity contribution >= 4 is 27.5 Å². The van der Waals surface area contributed by atoms with Crippen molar-refractivity contribution in [3.05, 3.63) is 33.3 Å². The lowest BCUT2D eigenvalue weighted by Crippen LogP contribution is -2.35. The SMILES string of the molecule is CC(C)CC(CO)NC(C)c1ccc(Br)cc1Cl. The lowest BCUT2D eigenvalue weighted by atomic mass is 10.0. The molecule has 18 heavy (non-hydrogen) atoms. The number of hydrogen-bond acceptors (Lipinski definition) is 2. The fourth-order valence-electron chi connectivity index (χ4n) is 2.06. The molecule has 0 heterocycles. The fourth-order valence-corrected chi connectivity index (χ4v) is 2.90. The molecule has 102 valence electrons. The Morgan fingerprint density at radius 3 is 2.50 bits per heavy atom. The van der Waals surface area contributed by atoms with Crippen LogP contribution >= 0.6 is 27.5 Å². The molecule has 1 aromatic carbocycles. The van der Waals surface area contributed by atoms with Crippen molar-refractivity contribution in [2.75, 3.05) is 6.61 Å². The third kappa shape index (κ3) is 4.88. The highest BCUT2D eigenvalue weighted by Gasteiger charge is 2.16. The van der Waals surface area contributed by atoms with E-state index in [4.69, 9.17) is 11.6 Å². The highest BCUT2D eigenvalue weighted by Crippen LogP contribution is 2.26. The van der Waals surface area contributed by atoms with Gasteiger partial charge in [-0.15, -0.1) is 0 Å². The van der Waals surface area contributed by atoms with E-state index in [1.54, 1.807) is 0 Å². The second-order valence-corrected chi connectivity index (χ2v) is 6.39. The highest BCUT2D eigenvalue weighted by molar-refractivity contribution is 9.10. The Labute approximate surface area is 123 Å². The van der Waals surface area contributed by atoms with Crippen LogP contribution in [0.25, 0.3) is 0 Å². The Bertz CT molecular complexity index is 384. The Morgan fingerprint density at radius 2 is 2.00 bits per heavy atom. The van der Waals surface area contributed by atoms with Crippen LogP contribution in [0.2, 0.25) is 5.02 Å². The quantitative estimate of drug-likeness (QED) is 0.818. The Morgan fingerprint density at radius 1 is 1.33 bits per heavy atom. The van der Waals surface area contributed by atoms with Crippen LogP contribution in [0.1, 0.15) is 38.8 Å². The summed E-state index contributed by atoms with van der Waals surface area (Å²) < 4.78 is 0.976. The van der Waals surface area contributed by atoms with Gasteiger partial charge in [0.2, 0.25) is 0 Å². The van der Waals surface area contributed by atoms with Crippen LogP contribution in [0.5, 0.6) is 0 Å². The molecule has 0 aromatic heterocycles. The van der Waals surface area contributed by atoms with Crippen molar-refractivity contribution in [1.29, 1.82) is 0 Å². The molecule has 0 fully saturated rings. The summed E-state index contributed by atoms with van der Waals surface area (Å²) >= 11 is 9.62. The van der Waals surface area contributed by atoms with Gasteiger partial charge in [-0.05, 0) is 37.0 Å². The maximum Gasteiger partial charge on any atom is 0.0584 e. The maximum absolute atomic E-state index is 9.38. The molecule has 0 aliphatic rings. The summed E-state index contributed by atoms with van der Waals surface area (Å²) in [5.41, 5.74) is 1.06. The van der Waals surface area contributed by atoms with Gasteiger partial charge in [0, 0.05) is 21.6 Å². The Hall–Kier alpha value is -0.0900. The van der Waals surface area contributed by atoms with E-state index in [1.165, 1.54) is 0 Å². The van der Waals surface area contributed by atoms with Gasteiger partial charge in [0.1, 0.15) is 0 Å². The molecule has 0 saturated carbocycles. The average Bonchev–Trinajstić information content (AvgIpc) is 2.27. The molecule has 0 aliphatic heterocycles. The van der Waals surface area contributed by atoms with Crippen molar-refractivity contribution in [2.24, 2.45) is 5.92 Å². The summed E-state index contributed by atoms with van der Waals surface area (Å²) in [6.45, 7) is 6.53. The van der Waals surface area contributed by atoms with Crippen LogP contribution in [0.3, 0.4) is 0 Å². The number of rotatable bonds is 6. The molecular formula is C14H21BrClNO. The third-order valence-electron chi connectivity index (χ3n) is 2.89. The van der Waals surface area contributed by atoms with E-state index in [2.05, 4.69) is 42.0 Å². The van der Waals surface area contributed by atoms with Crippen molar-refractivity contribution < 1.29 is 5.11 Å². The Kier molecular flexibility index (Phi) is 6.64. The summed E-state index contributed by atoms with van der Waals surface area (Å²) in [6, 6.07) is 6.12. The summed E-state index contributed by atoms with van der Waals surface area (Å²) in [5.74, 6) is 0.558. The summed E-state index contributed by atoms with van der Waals surface area (Å²) in [4.78, 5) is 0. The zero-order chi connectivity index (χ0) is 13.7. The van der Waals surface area contributed by atoms with Crippen LogP contribution in [0.4, 0.5) is 0 Å². The first-order chi connectivity index (χ1) is 8.43. The molecule has 1 aromatic rings. The molecule has 2 atom stereocenters. The minimum absolute atomic E-state index is 0.111. The normalized spacial score (nSPS) is 14.8. The van der Waals surface area contributed by atoms with E-state index < -0.39 is 0 Å². The fraction of sp³-hybridized carbons (Fsp3) is 0.571. The van der Waals surface area contributed by atoms with Crippen molar-refractivity contribution in [3.8, 4) is 0 Å². The first kappa shape index (κ1) is 16.0. The molecule has 0 saturated heterocycles. The van der Waals surface area contributed by atoms with Crippen molar-refractivity contribution in [3.63, 3.8) is 0 Å². The largest absolute Gasteiger partial charge is 0.395 e. The summed E-state index contributed by atoms with van der Waals surface area (Å²) in [7, 11) is 0.